The first-order valence-corrected chi connectivity index (χ1v) is 8.46. The van der Waals surface area contributed by atoms with Crippen molar-refractivity contribution in [2.24, 2.45) is 5.41 Å². The molecule has 0 saturated carbocycles. The zero-order valence-corrected chi connectivity index (χ0v) is 14.7. The Labute approximate surface area is 143 Å². The fourth-order valence-corrected chi connectivity index (χ4v) is 3.09. The lowest BCUT2D eigenvalue weighted by atomic mass is 9.87. The van der Waals surface area contributed by atoms with Crippen LogP contribution in [0.5, 0.6) is 0 Å². The van der Waals surface area contributed by atoms with E-state index in [4.69, 9.17) is 4.74 Å². The third-order valence-electron chi connectivity index (χ3n) is 4.56. The third-order valence-corrected chi connectivity index (χ3v) is 4.56. The van der Waals surface area contributed by atoms with Gasteiger partial charge < -0.3 is 20.3 Å². The fraction of sp³-hybridized carbons (Fsp3) is 0.556. The molecule has 0 aromatic heterocycles. The van der Waals surface area contributed by atoms with Crippen molar-refractivity contribution in [1.82, 2.24) is 10.2 Å². The van der Waals surface area contributed by atoms with Crippen molar-refractivity contribution in [3.8, 4) is 0 Å². The number of nitrogens with one attached hydrogen (secondary N) is 2. The number of benzene rings is 1. The second-order valence-electron chi connectivity index (χ2n) is 6.15. The van der Waals surface area contributed by atoms with Gasteiger partial charge in [-0.2, -0.15) is 0 Å². The summed E-state index contributed by atoms with van der Waals surface area (Å²) in [5, 5.41) is 6.17. The quantitative estimate of drug-likeness (QED) is 0.797. The van der Waals surface area contributed by atoms with E-state index in [-0.39, 0.29) is 11.8 Å². The molecule has 2 rings (SSSR count). The number of hydrogen-bond acceptors (Lipinski definition) is 4. The fourth-order valence-electron chi connectivity index (χ4n) is 3.09. The van der Waals surface area contributed by atoms with Gasteiger partial charge in [-0.25, -0.2) is 0 Å². The van der Waals surface area contributed by atoms with E-state index in [0.29, 0.717) is 37.5 Å². The number of hydrogen-bond donors (Lipinski definition) is 2. The van der Waals surface area contributed by atoms with Gasteiger partial charge in [0.2, 0.25) is 5.91 Å². The van der Waals surface area contributed by atoms with E-state index in [0.717, 1.165) is 13.0 Å². The highest BCUT2D eigenvalue weighted by molar-refractivity contribution is 5.99. The molecule has 24 heavy (non-hydrogen) atoms. The average molecular weight is 333 g/mol. The van der Waals surface area contributed by atoms with Gasteiger partial charge in [0.1, 0.15) is 0 Å². The first-order chi connectivity index (χ1) is 11.6. The van der Waals surface area contributed by atoms with Gasteiger partial charge in [0.25, 0.3) is 5.91 Å². The van der Waals surface area contributed by atoms with Crippen LogP contribution in [-0.4, -0.2) is 56.6 Å². The van der Waals surface area contributed by atoms with E-state index in [9.17, 15) is 9.59 Å². The molecule has 1 aromatic carbocycles. The van der Waals surface area contributed by atoms with Crippen molar-refractivity contribution < 1.29 is 14.3 Å². The molecule has 2 N–H and O–H groups in total. The molecule has 1 aliphatic heterocycles. The van der Waals surface area contributed by atoms with Gasteiger partial charge in [0.05, 0.1) is 12.0 Å². The molecule has 2 amide bonds. The lowest BCUT2D eigenvalue weighted by Crippen LogP contribution is -2.41. The van der Waals surface area contributed by atoms with Crippen molar-refractivity contribution in [2.45, 2.75) is 20.3 Å². The zero-order chi connectivity index (χ0) is 17.6. The first kappa shape index (κ1) is 18.4. The molecular weight excluding hydrogens is 306 g/mol. The summed E-state index contributed by atoms with van der Waals surface area (Å²) in [5.74, 6) is -0.0907. The zero-order valence-electron chi connectivity index (χ0n) is 14.7. The van der Waals surface area contributed by atoms with Gasteiger partial charge in [0, 0.05) is 38.0 Å². The Morgan fingerprint density at radius 1 is 1.33 bits per heavy atom. The monoisotopic (exact) mass is 333 g/mol. The van der Waals surface area contributed by atoms with Gasteiger partial charge in [-0.1, -0.05) is 6.07 Å². The number of methoxy groups -OCH3 is 1. The Morgan fingerprint density at radius 2 is 2.08 bits per heavy atom. The molecule has 1 saturated heterocycles. The van der Waals surface area contributed by atoms with E-state index in [1.54, 1.807) is 36.3 Å². The standard InChI is InChI=1S/C18H27N3O3/c1-4-21(5-2)16(22)14-7-6-8-15(11-14)20-17(23)18(13-24-3)9-10-19-12-18/h6-8,11,19H,4-5,9-10,12-13H2,1-3H3,(H,20,23). The van der Waals surface area contributed by atoms with Crippen LogP contribution in [-0.2, 0) is 9.53 Å². The predicted molar refractivity (Wildman–Crippen MR) is 94.1 cm³/mol. The normalized spacial score (nSPS) is 20.0. The number of rotatable bonds is 7. The Balaban J connectivity index is 2.14. The highest BCUT2D eigenvalue weighted by Crippen LogP contribution is 2.28. The molecule has 0 radical (unpaired) electrons. The molecule has 0 bridgehead atoms. The summed E-state index contributed by atoms with van der Waals surface area (Å²) >= 11 is 0. The summed E-state index contributed by atoms with van der Waals surface area (Å²) in [7, 11) is 1.61. The first-order valence-electron chi connectivity index (χ1n) is 8.46. The van der Waals surface area contributed by atoms with Crippen molar-refractivity contribution in [3.63, 3.8) is 0 Å². The average Bonchev–Trinajstić information content (AvgIpc) is 3.06. The Bertz CT molecular complexity index is 579. The van der Waals surface area contributed by atoms with Crippen LogP contribution in [0.1, 0.15) is 30.6 Å². The van der Waals surface area contributed by atoms with Gasteiger partial charge in [0.15, 0.2) is 0 Å². The van der Waals surface area contributed by atoms with Crippen LogP contribution in [0, 0.1) is 5.41 Å². The van der Waals surface area contributed by atoms with Gasteiger partial charge in [-0.3, -0.25) is 9.59 Å². The van der Waals surface area contributed by atoms with Crippen molar-refractivity contribution in [1.29, 1.82) is 0 Å². The van der Waals surface area contributed by atoms with E-state index in [1.165, 1.54) is 0 Å². The molecule has 1 heterocycles. The molecule has 6 nitrogen and oxygen atoms in total. The molecule has 6 heteroatoms. The Hall–Kier alpha value is -1.92. The van der Waals surface area contributed by atoms with Crippen LogP contribution in [0.4, 0.5) is 5.69 Å². The Kier molecular flexibility index (Phi) is 6.34. The van der Waals surface area contributed by atoms with Crippen LogP contribution in [0.15, 0.2) is 24.3 Å². The van der Waals surface area contributed by atoms with Crippen LogP contribution in [0.3, 0.4) is 0 Å². The summed E-state index contributed by atoms with van der Waals surface area (Å²) in [6.45, 7) is 7.01. The summed E-state index contributed by atoms with van der Waals surface area (Å²) in [6.07, 6.45) is 0.741. The van der Waals surface area contributed by atoms with Crippen LogP contribution in [0.2, 0.25) is 0 Å². The number of carbonyl (C=O) groups is 2. The third kappa shape index (κ3) is 3.94. The minimum absolute atomic E-state index is 0.0229. The van der Waals surface area contributed by atoms with Crippen LogP contribution in [0.25, 0.3) is 0 Å². The molecule has 132 valence electrons. The molecule has 1 atom stereocenters. The lowest BCUT2D eigenvalue weighted by molar-refractivity contribution is -0.127. The topological polar surface area (TPSA) is 70.7 Å². The van der Waals surface area contributed by atoms with Crippen molar-refractivity contribution >= 4 is 17.5 Å². The second kappa shape index (κ2) is 8.26. The maximum absolute atomic E-state index is 12.7. The van der Waals surface area contributed by atoms with Crippen LogP contribution >= 0.6 is 0 Å². The van der Waals surface area contributed by atoms with E-state index in [1.807, 2.05) is 13.8 Å². The summed E-state index contributed by atoms with van der Waals surface area (Å²) < 4.78 is 5.25. The van der Waals surface area contributed by atoms with Crippen molar-refractivity contribution in [2.75, 3.05) is 45.2 Å². The number of carbonyl (C=O) groups excluding carboxylic acids is 2. The smallest absolute Gasteiger partial charge is 0.253 e. The highest BCUT2D eigenvalue weighted by atomic mass is 16.5. The molecule has 1 aromatic rings. The van der Waals surface area contributed by atoms with Gasteiger partial charge >= 0.3 is 0 Å². The lowest BCUT2D eigenvalue weighted by Gasteiger charge is -2.26. The number of amides is 2. The molecule has 1 fully saturated rings. The summed E-state index contributed by atoms with van der Waals surface area (Å²) in [6, 6.07) is 7.11. The van der Waals surface area contributed by atoms with Crippen LogP contribution < -0.4 is 10.6 Å². The van der Waals surface area contributed by atoms with E-state index < -0.39 is 5.41 Å². The molecule has 0 aliphatic carbocycles. The second-order valence-corrected chi connectivity index (χ2v) is 6.15. The van der Waals surface area contributed by atoms with E-state index >= 15 is 0 Å². The molecule has 1 aliphatic rings. The minimum atomic E-state index is -0.548. The van der Waals surface area contributed by atoms with Gasteiger partial charge in [-0.15, -0.1) is 0 Å². The molecule has 1 unspecified atom stereocenters. The number of nitrogens with zero attached hydrogens (tertiary/aromatic N) is 1. The number of anilines is 1. The summed E-state index contributed by atoms with van der Waals surface area (Å²) in [5.41, 5.74) is 0.676. The van der Waals surface area contributed by atoms with Crippen molar-refractivity contribution in [3.05, 3.63) is 29.8 Å². The maximum atomic E-state index is 12.7. The Morgan fingerprint density at radius 3 is 2.67 bits per heavy atom. The van der Waals surface area contributed by atoms with E-state index in [2.05, 4.69) is 10.6 Å². The highest BCUT2D eigenvalue weighted by Gasteiger charge is 2.41. The largest absolute Gasteiger partial charge is 0.384 e. The molecular formula is C18H27N3O3. The maximum Gasteiger partial charge on any atom is 0.253 e. The summed E-state index contributed by atoms with van der Waals surface area (Å²) in [4.78, 5) is 26.9. The SMILES string of the molecule is CCN(CC)C(=O)c1cccc(NC(=O)C2(COC)CCNC2)c1. The number of ether oxygens (including phenoxy) is 1. The minimum Gasteiger partial charge on any atom is -0.384 e. The van der Waals surface area contributed by atoms with Gasteiger partial charge in [-0.05, 0) is 45.0 Å². The molecule has 0 spiro atoms. The predicted octanol–water partition coefficient (Wildman–Crippen LogP) is 1.73.